The third kappa shape index (κ3) is 2.00. The second-order valence-corrected chi connectivity index (χ2v) is 4.95. The summed E-state index contributed by atoms with van der Waals surface area (Å²) in [5.41, 5.74) is 7.08. The molecule has 1 aromatic carbocycles. The lowest BCUT2D eigenvalue weighted by Crippen LogP contribution is -2.07. The number of benzene rings is 1. The minimum atomic E-state index is -0.244. The molecule has 2 heterocycles. The predicted molar refractivity (Wildman–Crippen MR) is 69.9 cm³/mol. The number of halogens is 1. The van der Waals surface area contributed by atoms with E-state index in [1.165, 1.54) is 23.5 Å². The van der Waals surface area contributed by atoms with Crippen molar-refractivity contribution in [2.75, 3.05) is 6.54 Å². The molecule has 3 aromatic rings. The van der Waals surface area contributed by atoms with Crippen molar-refractivity contribution >= 4 is 21.6 Å². The zero-order chi connectivity index (χ0) is 12.5. The Kier molecular flexibility index (Phi) is 2.81. The first kappa shape index (κ1) is 11.3. The number of hydrogen-bond donors (Lipinski definition) is 1. The molecule has 0 aliphatic carbocycles. The smallest absolute Gasteiger partial charge is 0.144 e. The summed E-state index contributed by atoms with van der Waals surface area (Å²) < 4.78 is 15.8. The monoisotopic (exact) mass is 262 g/mol. The molecule has 0 fully saturated rings. The van der Waals surface area contributed by atoms with Crippen molar-refractivity contribution in [1.29, 1.82) is 0 Å². The largest absolute Gasteiger partial charge is 0.335 e. The number of nitrogens with zero attached hydrogens (tertiary/aromatic N) is 3. The van der Waals surface area contributed by atoms with Gasteiger partial charge in [0.1, 0.15) is 16.5 Å². The lowest BCUT2D eigenvalue weighted by Gasteiger charge is -1.94. The Balaban J connectivity index is 2.02. The maximum Gasteiger partial charge on any atom is 0.144 e. The first-order valence-corrected chi connectivity index (χ1v) is 6.36. The van der Waals surface area contributed by atoms with Gasteiger partial charge in [-0.2, -0.15) is 0 Å². The van der Waals surface area contributed by atoms with Gasteiger partial charge in [-0.1, -0.05) is 0 Å². The molecule has 2 aromatic heterocycles. The predicted octanol–water partition coefficient (Wildman–Crippen LogP) is 2.26. The van der Waals surface area contributed by atoms with Gasteiger partial charge >= 0.3 is 0 Å². The van der Waals surface area contributed by atoms with Crippen molar-refractivity contribution in [2.45, 2.75) is 6.54 Å². The number of rotatable bonds is 3. The highest BCUT2D eigenvalue weighted by molar-refractivity contribution is 7.21. The van der Waals surface area contributed by atoms with Crippen LogP contribution in [-0.2, 0) is 6.54 Å². The van der Waals surface area contributed by atoms with Crippen LogP contribution in [0.1, 0.15) is 0 Å². The second kappa shape index (κ2) is 4.47. The Bertz CT molecular complexity index is 688. The van der Waals surface area contributed by atoms with Gasteiger partial charge in [0.15, 0.2) is 0 Å². The molecule has 0 bridgehead atoms. The summed E-state index contributed by atoms with van der Waals surface area (Å²) >= 11 is 1.44. The van der Waals surface area contributed by atoms with Gasteiger partial charge in [-0.25, -0.2) is 14.4 Å². The Morgan fingerprint density at radius 1 is 1.39 bits per heavy atom. The van der Waals surface area contributed by atoms with E-state index in [9.17, 15) is 4.39 Å². The van der Waals surface area contributed by atoms with E-state index in [-0.39, 0.29) is 5.82 Å². The van der Waals surface area contributed by atoms with Crippen molar-refractivity contribution in [3.8, 4) is 10.7 Å². The average Bonchev–Trinajstić information content (AvgIpc) is 2.94. The SMILES string of the molecule is NCCn1cnc(-c2nc3ccc(F)cc3s2)c1. The van der Waals surface area contributed by atoms with Crippen LogP contribution >= 0.6 is 11.3 Å². The lowest BCUT2D eigenvalue weighted by atomic mass is 10.3. The molecule has 0 aliphatic rings. The molecule has 0 atom stereocenters. The zero-order valence-electron chi connectivity index (χ0n) is 9.51. The van der Waals surface area contributed by atoms with Crippen molar-refractivity contribution in [3.63, 3.8) is 0 Å². The molecule has 0 saturated heterocycles. The number of aromatic nitrogens is 3. The van der Waals surface area contributed by atoms with Crippen LogP contribution < -0.4 is 5.73 Å². The average molecular weight is 262 g/mol. The Hall–Kier alpha value is -1.79. The van der Waals surface area contributed by atoms with Crippen LogP contribution in [-0.4, -0.2) is 21.1 Å². The van der Waals surface area contributed by atoms with Crippen molar-refractivity contribution in [1.82, 2.24) is 14.5 Å². The summed E-state index contributed by atoms with van der Waals surface area (Å²) in [6.45, 7) is 1.30. The summed E-state index contributed by atoms with van der Waals surface area (Å²) in [5.74, 6) is -0.244. The molecule has 92 valence electrons. The first-order valence-electron chi connectivity index (χ1n) is 5.54. The van der Waals surface area contributed by atoms with Crippen molar-refractivity contribution in [3.05, 3.63) is 36.5 Å². The van der Waals surface area contributed by atoms with Crippen LogP contribution in [0, 0.1) is 5.82 Å². The van der Waals surface area contributed by atoms with Crippen LogP contribution in [0.5, 0.6) is 0 Å². The van der Waals surface area contributed by atoms with Gasteiger partial charge < -0.3 is 10.3 Å². The second-order valence-electron chi connectivity index (χ2n) is 3.92. The highest BCUT2D eigenvalue weighted by Crippen LogP contribution is 2.29. The minimum absolute atomic E-state index is 0.244. The van der Waals surface area contributed by atoms with Gasteiger partial charge in [0.05, 0.1) is 16.5 Å². The summed E-state index contributed by atoms with van der Waals surface area (Å²) in [4.78, 5) is 8.73. The van der Waals surface area contributed by atoms with Gasteiger partial charge in [-0.05, 0) is 18.2 Å². The molecule has 0 unspecified atom stereocenters. The highest BCUT2D eigenvalue weighted by Gasteiger charge is 2.09. The Labute approximate surface area is 107 Å². The third-order valence-electron chi connectivity index (χ3n) is 2.59. The molecule has 18 heavy (non-hydrogen) atoms. The Morgan fingerprint density at radius 3 is 3.11 bits per heavy atom. The van der Waals surface area contributed by atoms with Gasteiger partial charge in [0, 0.05) is 19.3 Å². The molecule has 6 heteroatoms. The third-order valence-corrected chi connectivity index (χ3v) is 3.63. The summed E-state index contributed by atoms with van der Waals surface area (Å²) in [5, 5.41) is 0.798. The fourth-order valence-electron chi connectivity index (χ4n) is 1.75. The van der Waals surface area contributed by atoms with Crippen LogP contribution in [0.3, 0.4) is 0 Å². The van der Waals surface area contributed by atoms with Crippen LogP contribution in [0.25, 0.3) is 20.9 Å². The van der Waals surface area contributed by atoms with E-state index in [2.05, 4.69) is 9.97 Å². The van der Waals surface area contributed by atoms with E-state index in [1.54, 1.807) is 12.4 Å². The maximum absolute atomic E-state index is 13.1. The molecular weight excluding hydrogens is 251 g/mol. The lowest BCUT2D eigenvalue weighted by molar-refractivity contribution is 0.630. The summed E-state index contributed by atoms with van der Waals surface area (Å²) in [6, 6.07) is 4.59. The van der Waals surface area contributed by atoms with E-state index in [0.717, 1.165) is 27.5 Å². The fraction of sp³-hybridized carbons (Fsp3) is 0.167. The maximum atomic E-state index is 13.1. The Morgan fingerprint density at radius 2 is 2.28 bits per heavy atom. The molecule has 0 radical (unpaired) electrons. The quantitative estimate of drug-likeness (QED) is 0.787. The molecule has 0 spiro atoms. The van der Waals surface area contributed by atoms with E-state index in [0.29, 0.717) is 6.54 Å². The number of fused-ring (bicyclic) bond motifs is 1. The van der Waals surface area contributed by atoms with Gasteiger partial charge in [0.2, 0.25) is 0 Å². The van der Waals surface area contributed by atoms with Crippen LogP contribution in [0.15, 0.2) is 30.7 Å². The topological polar surface area (TPSA) is 56.7 Å². The van der Waals surface area contributed by atoms with Gasteiger partial charge in [0.25, 0.3) is 0 Å². The zero-order valence-corrected chi connectivity index (χ0v) is 10.3. The van der Waals surface area contributed by atoms with E-state index in [1.807, 2.05) is 10.8 Å². The molecule has 4 nitrogen and oxygen atoms in total. The van der Waals surface area contributed by atoms with Crippen LogP contribution in [0.2, 0.25) is 0 Å². The standard InChI is InChI=1S/C12H11FN4S/c13-8-1-2-9-11(5-8)18-12(16-9)10-6-17(4-3-14)7-15-10/h1-2,5-7H,3-4,14H2. The van der Waals surface area contributed by atoms with E-state index < -0.39 is 0 Å². The number of hydrogen-bond acceptors (Lipinski definition) is 4. The molecule has 3 rings (SSSR count). The molecule has 0 amide bonds. The number of thiazole rings is 1. The van der Waals surface area contributed by atoms with Gasteiger partial charge in [-0.3, -0.25) is 0 Å². The fourth-order valence-corrected chi connectivity index (χ4v) is 2.70. The summed E-state index contributed by atoms with van der Waals surface area (Å²) in [6.07, 6.45) is 3.63. The van der Waals surface area contributed by atoms with Crippen LogP contribution in [0.4, 0.5) is 4.39 Å². The number of imidazole rings is 1. The molecule has 0 aliphatic heterocycles. The first-order chi connectivity index (χ1) is 8.76. The molecule has 2 N–H and O–H groups in total. The summed E-state index contributed by atoms with van der Waals surface area (Å²) in [7, 11) is 0. The van der Waals surface area contributed by atoms with Gasteiger partial charge in [-0.15, -0.1) is 11.3 Å². The minimum Gasteiger partial charge on any atom is -0.335 e. The van der Waals surface area contributed by atoms with Crippen molar-refractivity contribution in [2.24, 2.45) is 5.73 Å². The highest BCUT2D eigenvalue weighted by atomic mass is 32.1. The molecular formula is C12H11FN4S. The van der Waals surface area contributed by atoms with E-state index >= 15 is 0 Å². The molecule has 0 saturated carbocycles. The van der Waals surface area contributed by atoms with Crippen molar-refractivity contribution < 1.29 is 4.39 Å². The van der Waals surface area contributed by atoms with E-state index in [4.69, 9.17) is 5.73 Å². The number of nitrogens with two attached hydrogens (primary N) is 1. The normalized spacial score (nSPS) is 11.2.